The molecule has 1 atom stereocenters. The zero-order valence-electron chi connectivity index (χ0n) is 15.7. The Balaban J connectivity index is 0.00000169. The van der Waals surface area contributed by atoms with Crippen molar-refractivity contribution >= 4 is 11.3 Å². The van der Waals surface area contributed by atoms with Crippen molar-refractivity contribution in [3.8, 4) is 0 Å². The molecule has 0 spiro atoms. The maximum Gasteiger partial charge on any atom is -1.00 e. The van der Waals surface area contributed by atoms with Crippen molar-refractivity contribution in [2.24, 2.45) is 0 Å². The first-order valence-corrected chi connectivity index (χ1v) is 9.21. The van der Waals surface area contributed by atoms with Crippen LogP contribution in [0, 0.1) is 0 Å². The fourth-order valence-electron chi connectivity index (χ4n) is 3.46. The summed E-state index contributed by atoms with van der Waals surface area (Å²) in [7, 11) is 0. The summed E-state index contributed by atoms with van der Waals surface area (Å²) in [6.07, 6.45) is 1.08. The molecule has 0 bridgehead atoms. The summed E-state index contributed by atoms with van der Waals surface area (Å²) in [4.78, 5) is 0. The molecule has 135 valence electrons. The van der Waals surface area contributed by atoms with E-state index >= 15 is 0 Å². The van der Waals surface area contributed by atoms with Crippen molar-refractivity contribution < 1.29 is 45.5 Å². The molecule has 0 aliphatic heterocycles. The van der Waals surface area contributed by atoms with Gasteiger partial charge in [0, 0.05) is 0 Å². The van der Waals surface area contributed by atoms with Gasteiger partial charge in [-0.25, -0.2) is 0 Å². The number of halogens is 2. The summed E-state index contributed by atoms with van der Waals surface area (Å²) < 4.78 is 2.36. The minimum absolute atomic E-state index is 0. The average Bonchev–Trinajstić information content (AvgIpc) is 2.88. The number of hydrogen-bond donors (Lipinski definition) is 0. The number of para-hydroxylation sites is 1. The van der Waals surface area contributed by atoms with Crippen LogP contribution >= 0.6 is 0 Å². The van der Waals surface area contributed by atoms with Gasteiger partial charge in [-0.05, 0) is 0 Å². The molecular weight excluding hydrogens is 397 g/mol. The van der Waals surface area contributed by atoms with Gasteiger partial charge in [0.2, 0.25) is 0 Å². The van der Waals surface area contributed by atoms with E-state index in [4.69, 9.17) is 0 Å². The Morgan fingerprint density at radius 1 is 0.846 bits per heavy atom. The van der Waals surface area contributed by atoms with E-state index in [1.54, 1.807) is 0 Å². The molecule has 0 amide bonds. The van der Waals surface area contributed by atoms with Gasteiger partial charge >= 0.3 is 158 Å². The van der Waals surface area contributed by atoms with Crippen LogP contribution in [0.15, 0.2) is 71.3 Å². The topological polar surface area (TPSA) is 3.24 Å². The predicted molar refractivity (Wildman–Crippen MR) is 99.4 cm³/mol. The minimum Gasteiger partial charge on any atom is -1.00 e. The van der Waals surface area contributed by atoms with Crippen LogP contribution in [0.4, 0.5) is 5.69 Å². The van der Waals surface area contributed by atoms with Gasteiger partial charge in [-0.15, -0.1) is 0 Å². The van der Waals surface area contributed by atoms with E-state index in [2.05, 4.69) is 106 Å². The van der Waals surface area contributed by atoms with Crippen LogP contribution in [0.3, 0.4) is 0 Å². The average molecular weight is 421 g/mol. The van der Waals surface area contributed by atoms with Crippen molar-refractivity contribution in [2.45, 2.75) is 40.2 Å². The quantitative estimate of drug-likeness (QED) is 0.640. The van der Waals surface area contributed by atoms with Gasteiger partial charge in [0.15, 0.2) is 0 Å². The molecule has 0 fully saturated rings. The Morgan fingerprint density at radius 2 is 1.42 bits per heavy atom. The normalized spacial score (nSPS) is 14.7. The van der Waals surface area contributed by atoms with Gasteiger partial charge < -0.3 is 24.8 Å². The molecule has 3 rings (SSSR count). The molecule has 1 nitrogen and oxygen atoms in total. The van der Waals surface area contributed by atoms with Gasteiger partial charge in [-0.1, -0.05) is 0 Å². The minimum atomic E-state index is 0. The van der Waals surface area contributed by atoms with E-state index < -0.39 is 0 Å². The van der Waals surface area contributed by atoms with Crippen molar-refractivity contribution in [3.63, 3.8) is 0 Å². The number of anilines is 1. The van der Waals surface area contributed by atoms with Crippen LogP contribution in [-0.4, -0.2) is 0 Å². The zero-order valence-corrected chi connectivity index (χ0v) is 18.8. The van der Waals surface area contributed by atoms with Gasteiger partial charge in [0.05, 0.1) is 0 Å². The molecule has 2 aromatic rings. The second-order valence-electron chi connectivity index (χ2n) is 6.65. The molecular formula is C22H24Cl2NTi. The molecule has 4 heteroatoms. The molecule has 0 heterocycles. The predicted octanol–water partition coefficient (Wildman–Crippen LogP) is 0.238. The Labute approximate surface area is 182 Å². The smallest absolute Gasteiger partial charge is 1.00 e. The van der Waals surface area contributed by atoms with Crippen LogP contribution in [0.25, 0.3) is 5.57 Å². The monoisotopic (exact) mass is 420 g/mol. The molecule has 1 aliphatic rings. The number of hydrogen-bond acceptors (Lipinski definition) is 1. The maximum atomic E-state index is 2.36. The second kappa shape index (κ2) is 9.81. The summed E-state index contributed by atoms with van der Waals surface area (Å²) in [6.45, 7) is 9.07. The summed E-state index contributed by atoms with van der Waals surface area (Å²) in [5.41, 5.74) is 9.97. The third-order valence-electron chi connectivity index (χ3n) is 5.25. The maximum absolute atomic E-state index is 2.36. The molecule has 0 saturated carbocycles. The number of nitrogens with zero attached hydrogens (tertiary/aromatic N) is 1. The van der Waals surface area contributed by atoms with Crippen molar-refractivity contribution in [3.05, 3.63) is 82.4 Å². The van der Waals surface area contributed by atoms with Crippen molar-refractivity contribution in [2.75, 3.05) is 3.38 Å². The van der Waals surface area contributed by atoms with E-state index in [0.717, 1.165) is 6.42 Å². The van der Waals surface area contributed by atoms with Gasteiger partial charge in [-0.3, -0.25) is 0 Å². The van der Waals surface area contributed by atoms with Crippen LogP contribution < -0.4 is 28.2 Å². The first-order valence-electron chi connectivity index (χ1n) is 8.52. The van der Waals surface area contributed by atoms with E-state index in [9.17, 15) is 0 Å². The fraction of sp³-hybridized carbons (Fsp3) is 0.273. The molecule has 0 N–H and O–H groups in total. The molecule has 0 radical (unpaired) electrons. The zero-order chi connectivity index (χ0) is 17.3. The van der Waals surface area contributed by atoms with Crippen molar-refractivity contribution in [1.82, 2.24) is 0 Å². The standard InChI is InChI=1S/C22H24N.2ClH.Ti/c1-15-14-22(17(3)16(15)2)21-13-9-8-12-20(21)18(4)23-19-10-6-5-7-11-19;;;/h5-13,18H,14H2,1-4H3;2*1H;/q-1;;;+3/p-2. The van der Waals surface area contributed by atoms with Gasteiger partial charge in [0.1, 0.15) is 0 Å². The van der Waals surface area contributed by atoms with E-state index in [1.165, 1.54) is 39.1 Å². The Kier molecular flexibility index (Phi) is 8.70. The van der Waals surface area contributed by atoms with Crippen LogP contribution in [0.5, 0.6) is 0 Å². The van der Waals surface area contributed by atoms with Crippen LogP contribution in [0.2, 0.25) is 0 Å². The summed E-state index contributed by atoms with van der Waals surface area (Å²) >= 11 is 2.18. The number of rotatable bonds is 4. The molecule has 2 aromatic carbocycles. The van der Waals surface area contributed by atoms with Gasteiger partial charge in [-0.2, -0.15) is 0 Å². The molecule has 1 aliphatic carbocycles. The van der Waals surface area contributed by atoms with E-state index in [0.29, 0.717) is 6.04 Å². The first-order chi connectivity index (χ1) is 11.5. The third kappa shape index (κ3) is 4.46. The largest absolute Gasteiger partial charge is 1.00 e. The number of allylic oxidation sites excluding steroid dienone is 4. The van der Waals surface area contributed by atoms with Crippen molar-refractivity contribution in [1.29, 1.82) is 0 Å². The summed E-state index contributed by atoms with van der Waals surface area (Å²) in [6, 6.07) is 19.8. The summed E-state index contributed by atoms with van der Waals surface area (Å²) in [5.74, 6) is 0. The Bertz CT molecular complexity index is 812. The van der Waals surface area contributed by atoms with E-state index in [1.807, 2.05) is 0 Å². The molecule has 0 aromatic heterocycles. The molecule has 1 unspecified atom stereocenters. The Morgan fingerprint density at radius 3 is 2.00 bits per heavy atom. The third-order valence-corrected chi connectivity index (χ3v) is 6.26. The molecule has 0 saturated heterocycles. The Hall–Kier alpha value is -0.986. The fourth-order valence-corrected chi connectivity index (χ4v) is 3.91. The molecule has 26 heavy (non-hydrogen) atoms. The van der Waals surface area contributed by atoms with Crippen LogP contribution in [0.1, 0.15) is 51.3 Å². The SMILES string of the molecule is CC1=C(C)C(C)=C(c2ccccc2C(C)[N]([Ti+2])c2ccccc2)C1.[Cl-].[Cl-]. The van der Waals surface area contributed by atoms with Crippen LogP contribution in [-0.2, 0) is 20.7 Å². The van der Waals surface area contributed by atoms with Gasteiger partial charge in [0.25, 0.3) is 0 Å². The number of benzene rings is 2. The van der Waals surface area contributed by atoms with E-state index in [-0.39, 0.29) is 24.8 Å². The first kappa shape index (κ1) is 23.1. The second-order valence-corrected chi connectivity index (χ2v) is 7.41. The summed E-state index contributed by atoms with van der Waals surface area (Å²) in [5, 5.41) is 0.